The third-order valence-corrected chi connectivity index (χ3v) is 3.14. The van der Waals surface area contributed by atoms with Crippen LogP contribution in [0.25, 0.3) is 0 Å². The van der Waals surface area contributed by atoms with Gasteiger partial charge in [0.25, 0.3) is 5.78 Å². The summed E-state index contributed by atoms with van der Waals surface area (Å²) in [5.74, 6) is -1.45. The minimum absolute atomic E-state index is 0.113. The summed E-state index contributed by atoms with van der Waals surface area (Å²) < 4.78 is 10.4. The van der Waals surface area contributed by atoms with Gasteiger partial charge in [0, 0.05) is 5.56 Å². The molecule has 0 fully saturated rings. The largest absolute Gasteiger partial charge is 0.457 e. The maximum absolute atomic E-state index is 11.6. The number of benzene rings is 1. The van der Waals surface area contributed by atoms with Gasteiger partial charge in [-0.3, -0.25) is 4.79 Å². The van der Waals surface area contributed by atoms with Crippen LogP contribution < -0.4 is 0 Å². The highest BCUT2D eigenvalue weighted by Crippen LogP contribution is 2.03. The van der Waals surface area contributed by atoms with Crippen LogP contribution in [0.3, 0.4) is 0 Å². The second-order valence-corrected chi connectivity index (χ2v) is 9.31. The number of carbonyl (C=O) groups is 2. The van der Waals surface area contributed by atoms with Crippen molar-refractivity contribution in [1.29, 1.82) is 0 Å². The SMILES string of the molecule is C[Si](C)(C)OCCOC(=O)C(=O)c1ccccc1. The van der Waals surface area contributed by atoms with Gasteiger partial charge in [-0.1, -0.05) is 30.3 Å². The maximum Gasteiger partial charge on any atom is 0.379 e. The Kier molecular flexibility index (Phi) is 5.24. The van der Waals surface area contributed by atoms with Crippen molar-refractivity contribution in [1.82, 2.24) is 0 Å². The predicted molar refractivity (Wildman–Crippen MR) is 71.0 cm³/mol. The predicted octanol–water partition coefficient (Wildman–Crippen LogP) is 2.26. The Balaban J connectivity index is 2.36. The van der Waals surface area contributed by atoms with Gasteiger partial charge >= 0.3 is 5.97 Å². The fourth-order valence-corrected chi connectivity index (χ4v) is 1.95. The van der Waals surface area contributed by atoms with Crippen LogP contribution >= 0.6 is 0 Å². The van der Waals surface area contributed by atoms with Gasteiger partial charge in [0.05, 0.1) is 6.61 Å². The molecule has 0 aliphatic rings. The molecule has 1 aromatic rings. The molecule has 0 radical (unpaired) electrons. The Hall–Kier alpha value is -1.46. The number of rotatable bonds is 6. The lowest BCUT2D eigenvalue weighted by atomic mass is 10.1. The molecule has 0 amide bonds. The quantitative estimate of drug-likeness (QED) is 0.260. The molecule has 0 saturated heterocycles. The number of hydrogen-bond donors (Lipinski definition) is 0. The summed E-state index contributed by atoms with van der Waals surface area (Å²) in [7, 11) is -1.60. The average Bonchev–Trinajstić information content (AvgIpc) is 2.33. The average molecular weight is 266 g/mol. The summed E-state index contributed by atoms with van der Waals surface area (Å²) in [6, 6.07) is 8.36. The fraction of sp³-hybridized carbons (Fsp3) is 0.385. The van der Waals surface area contributed by atoms with Crippen molar-refractivity contribution in [3.8, 4) is 0 Å². The van der Waals surface area contributed by atoms with Crippen molar-refractivity contribution in [3.05, 3.63) is 35.9 Å². The Morgan fingerprint density at radius 2 is 1.67 bits per heavy atom. The van der Waals surface area contributed by atoms with E-state index in [0.717, 1.165) is 0 Å². The minimum atomic E-state index is -1.60. The minimum Gasteiger partial charge on any atom is -0.457 e. The summed E-state index contributed by atoms with van der Waals surface area (Å²) in [5.41, 5.74) is 0.341. The van der Waals surface area contributed by atoms with Crippen LogP contribution in [0.4, 0.5) is 0 Å². The van der Waals surface area contributed by atoms with Crippen LogP contribution in [-0.2, 0) is 14.0 Å². The van der Waals surface area contributed by atoms with E-state index in [1.54, 1.807) is 30.3 Å². The van der Waals surface area contributed by atoms with E-state index in [4.69, 9.17) is 9.16 Å². The molecular formula is C13H18O4Si. The van der Waals surface area contributed by atoms with E-state index in [1.165, 1.54) is 0 Å². The van der Waals surface area contributed by atoms with Crippen molar-refractivity contribution >= 4 is 20.1 Å². The number of esters is 1. The molecule has 0 aliphatic carbocycles. The number of carbonyl (C=O) groups excluding carboxylic acids is 2. The summed E-state index contributed by atoms with van der Waals surface area (Å²) in [5, 5.41) is 0. The Morgan fingerprint density at radius 3 is 2.22 bits per heavy atom. The van der Waals surface area contributed by atoms with E-state index in [-0.39, 0.29) is 6.61 Å². The Morgan fingerprint density at radius 1 is 1.06 bits per heavy atom. The first-order chi connectivity index (χ1) is 8.40. The van der Waals surface area contributed by atoms with Crippen molar-refractivity contribution in [2.45, 2.75) is 19.6 Å². The van der Waals surface area contributed by atoms with E-state index in [9.17, 15) is 9.59 Å². The van der Waals surface area contributed by atoms with Gasteiger partial charge in [0.1, 0.15) is 6.61 Å². The molecule has 0 unspecified atom stereocenters. The molecular weight excluding hydrogens is 248 g/mol. The van der Waals surface area contributed by atoms with E-state index < -0.39 is 20.1 Å². The second kappa shape index (κ2) is 6.46. The smallest absolute Gasteiger partial charge is 0.379 e. The molecule has 98 valence electrons. The summed E-state index contributed by atoms with van der Waals surface area (Å²) >= 11 is 0. The van der Waals surface area contributed by atoms with Gasteiger partial charge in [-0.2, -0.15) is 0 Å². The molecule has 4 nitrogen and oxygen atoms in total. The van der Waals surface area contributed by atoms with Crippen molar-refractivity contribution in [3.63, 3.8) is 0 Å². The second-order valence-electron chi connectivity index (χ2n) is 4.79. The molecule has 1 rings (SSSR count). The van der Waals surface area contributed by atoms with Crippen molar-refractivity contribution in [2.24, 2.45) is 0 Å². The lowest BCUT2D eigenvalue weighted by Gasteiger charge is -2.16. The van der Waals surface area contributed by atoms with Crippen LogP contribution in [0, 0.1) is 0 Å². The zero-order valence-electron chi connectivity index (χ0n) is 10.9. The maximum atomic E-state index is 11.6. The monoisotopic (exact) mass is 266 g/mol. The van der Waals surface area contributed by atoms with Gasteiger partial charge < -0.3 is 9.16 Å². The number of hydrogen-bond acceptors (Lipinski definition) is 4. The van der Waals surface area contributed by atoms with Gasteiger partial charge in [-0.05, 0) is 19.6 Å². The molecule has 1 aromatic carbocycles. The summed E-state index contributed by atoms with van der Waals surface area (Å²) in [6.45, 7) is 6.59. The van der Waals surface area contributed by atoms with E-state index in [1.807, 2.05) is 19.6 Å². The van der Waals surface area contributed by atoms with Gasteiger partial charge in [0.15, 0.2) is 8.32 Å². The lowest BCUT2D eigenvalue weighted by molar-refractivity contribution is -0.138. The molecule has 0 spiro atoms. The zero-order valence-corrected chi connectivity index (χ0v) is 11.9. The van der Waals surface area contributed by atoms with Crippen LogP contribution in [-0.4, -0.2) is 33.3 Å². The van der Waals surface area contributed by atoms with E-state index >= 15 is 0 Å². The van der Waals surface area contributed by atoms with E-state index in [0.29, 0.717) is 12.2 Å². The molecule has 0 aromatic heterocycles. The third kappa shape index (κ3) is 5.24. The topological polar surface area (TPSA) is 52.6 Å². The standard InChI is InChI=1S/C13H18O4Si/c1-18(2,3)17-10-9-16-13(15)12(14)11-7-5-4-6-8-11/h4-8H,9-10H2,1-3H3. The highest BCUT2D eigenvalue weighted by molar-refractivity contribution is 6.69. The number of ketones is 1. The highest BCUT2D eigenvalue weighted by atomic mass is 28.4. The third-order valence-electron chi connectivity index (χ3n) is 2.07. The van der Waals surface area contributed by atoms with Crippen LogP contribution in [0.15, 0.2) is 30.3 Å². The number of ether oxygens (including phenoxy) is 1. The fourth-order valence-electron chi connectivity index (χ4n) is 1.26. The highest BCUT2D eigenvalue weighted by Gasteiger charge is 2.18. The summed E-state index contributed by atoms with van der Waals surface area (Å²) in [4.78, 5) is 23.1. The molecule has 0 bridgehead atoms. The molecule has 0 heterocycles. The van der Waals surface area contributed by atoms with Crippen molar-refractivity contribution < 1.29 is 18.8 Å². The normalized spacial score (nSPS) is 11.1. The van der Waals surface area contributed by atoms with Crippen LogP contribution in [0.2, 0.25) is 19.6 Å². The first-order valence-electron chi connectivity index (χ1n) is 5.80. The van der Waals surface area contributed by atoms with Crippen LogP contribution in [0.1, 0.15) is 10.4 Å². The molecule has 0 aliphatic heterocycles. The van der Waals surface area contributed by atoms with Crippen LogP contribution in [0.5, 0.6) is 0 Å². The molecule has 18 heavy (non-hydrogen) atoms. The molecule has 5 heteroatoms. The number of Topliss-reactive ketones (excluding diaryl/α,β-unsaturated/α-hetero) is 1. The zero-order chi connectivity index (χ0) is 13.6. The Labute approximate surface area is 108 Å². The van der Waals surface area contributed by atoms with Crippen molar-refractivity contribution in [2.75, 3.05) is 13.2 Å². The first kappa shape index (κ1) is 14.6. The van der Waals surface area contributed by atoms with Gasteiger partial charge in [-0.15, -0.1) is 0 Å². The lowest BCUT2D eigenvalue weighted by Crippen LogP contribution is -2.28. The first-order valence-corrected chi connectivity index (χ1v) is 9.21. The van der Waals surface area contributed by atoms with Gasteiger partial charge in [-0.25, -0.2) is 4.79 Å². The molecule has 0 N–H and O–H groups in total. The van der Waals surface area contributed by atoms with Gasteiger partial charge in [0.2, 0.25) is 0 Å². The Bertz CT molecular complexity index is 409. The van der Waals surface area contributed by atoms with E-state index in [2.05, 4.69) is 0 Å². The summed E-state index contributed by atoms with van der Waals surface area (Å²) in [6.07, 6.45) is 0. The molecule has 0 atom stereocenters. The molecule has 0 saturated carbocycles.